The van der Waals surface area contributed by atoms with Crippen LogP contribution in [0.15, 0.2) is 48.8 Å². The minimum atomic E-state index is 0.831. The molecule has 1 aromatic heterocycles. The molecule has 0 saturated heterocycles. The minimum Gasteiger partial charge on any atom is -0.494 e. The molecule has 2 aromatic rings. The van der Waals surface area contributed by atoms with E-state index in [-0.39, 0.29) is 0 Å². The molecule has 0 aliphatic rings. The predicted molar refractivity (Wildman–Crippen MR) is 245 cm³/mol. The van der Waals surface area contributed by atoms with Gasteiger partial charge in [-0.25, -0.2) is 4.57 Å². The maximum Gasteiger partial charge on any atom is 0.169 e. The second kappa shape index (κ2) is 38.8. The van der Waals surface area contributed by atoms with Crippen molar-refractivity contribution in [1.29, 1.82) is 0 Å². The van der Waals surface area contributed by atoms with Crippen LogP contribution in [0.25, 0.3) is 12.2 Å². The number of pyridine rings is 1. The van der Waals surface area contributed by atoms with Crippen LogP contribution in [0.1, 0.15) is 256 Å². The van der Waals surface area contributed by atoms with Gasteiger partial charge in [-0.2, -0.15) is 0 Å². The molecule has 0 N–H and O–H groups in total. The minimum absolute atomic E-state index is 0.831. The van der Waals surface area contributed by atoms with Crippen LogP contribution in [0.4, 0.5) is 0 Å². The van der Waals surface area contributed by atoms with Crippen LogP contribution in [0.3, 0.4) is 0 Å². The lowest BCUT2D eigenvalue weighted by molar-refractivity contribution is -0.697. The lowest BCUT2D eigenvalue weighted by atomic mass is 10.0. The van der Waals surface area contributed by atoms with Gasteiger partial charge in [-0.3, -0.25) is 0 Å². The van der Waals surface area contributed by atoms with Gasteiger partial charge in [0.25, 0.3) is 0 Å². The number of hydrogen-bond donors (Lipinski definition) is 0. The van der Waals surface area contributed by atoms with E-state index in [1.165, 1.54) is 236 Å². The summed E-state index contributed by atoms with van der Waals surface area (Å²) in [5.41, 5.74) is 2.47. The number of aromatic nitrogens is 1. The Morgan fingerprint density at radius 3 is 0.982 bits per heavy atom. The number of nitrogens with zero attached hydrogens (tertiary/aromatic N) is 1. The third-order valence-corrected chi connectivity index (χ3v) is 11.8. The van der Waals surface area contributed by atoms with Crippen molar-refractivity contribution in [1.82, 2.24) is 0 Å². The van der Waals surface area contributed by atoms with Gasteiger partial charge in [-0.05, 0) is 36.1 Å². The van der Waals surface area contributed by atoms with Gasteiger partial charge in [0.05, 0.1) is 6.61 Å². The van der Waals surface area contributed by atoms with Crippen LogP contribution in [-0.2, 0) is 6.54 Å². The standard InChI is InChI=1S/C53H92NO/c1-3-5-7-9-11-13-15-17-19-21-22-23-24-26-28-30-32-34-36-38-50-55-53-43-41-51(42-44-53)39-40-52-45-48-54(49-46-52)47-37-35-33-31-29-27-25-20-18-16-14-12-10-8-6-4-2/h39-46,48-49H,3-38,47,50H2,1-2H3/q+1/b40-39+. The molecular formula is C53H92NO+. The molecule has 0 bridgehead atoms. The summed E-state index contributed by atoms with van der Waals surface area (Å²) >= 11 is 0. The molecule has 0 amide bonds. The fraction of sp³-hybridized carbons (Fsp3) is 0.755. The van der Waals surface area contributed by atoms with Crippen molar-refractivity contribution < 1.29 is 9.30 Å². The molecule has 2 heteroatoms. The highest BCUT2D eigenvalue weighted by atomic mass is 16.5. The van der Waals surface area contributed by atoms with Gasteiger partial charge >= 0.3 is 0 Å². The first kappa shape index (κ1) is 49.1. The summed E-state index contributed by atoms with van der Waals surface area (Å²) in [5.74, 6) is 0.991. The maximum atomic E-state index is 6.04. The lowest BCUT2D eigenvalue weighted by Crippen LogP contribution is -2.32. The largest absolute Gasteiger partial charge is 0.494 e. The van der Waals surface area contributed by atoms with E-state index in [0.29, 0.717) is 0 Å². The second-order valence-corrected chi connectivity index (χ2v) is 17.1. The Labute approximate surface area is 344 Å². The van der Waals surface area contributed by atoms with Crippen LogP contribution in [0, 0.1) is 0 Å². The fourth-order valence-electron chi connectivity index (χ4n) is 7.99. The summed E-state index contributed by atoms with van der Waals surface area (Å²) in [4.78, 5) is 0. The van der Waals surface area contributed by atoms with E-state index < -0.39 is 0 Å². The molecule has 2 rings (SSSR count). The first-order chi connectivity index (χ1) is 27.3. The lowest BCUT2D eigenvalue weighted by Gasteiger charge is -2.07. The Bertz CT molecular complexity index is 1070. The van der Waals surface area contributed by atoms with Crippen molar-refractivity contribution in [2.45, 2.75) is 252 Å². The van der Waals surface area contributed by atoms with E-state index in [1.54, 1.807) is 0 Å². The van der Waals surface area contributed by atoms with Gasteiger partial charge in [0.2, 0.25) is 0 Å². The molecular weight excluding hydrogens is 667 g/mol. The Balaban J connectivity index is 1.36. The SMILES string of the molecule is CCCCCCCCCCCCCCCCCCCCCCOc1ccc(/C=C/c2cc[n+](CCCCCCCCCCCCCCCCCC)cc2)cc1. The number of ether oxygens (including phenoxy) is 1. The van der Waals surface area contributed by atoms with E-state index in [2.05, 4.69) is 79.4 Å². The average molecular weight is 759 g/mol. The van der Waals surface area contributed by atoms with Gasteiger partial charge in [-0.1, -0.05) is 250 Å². The van der Waals surface area contributed by atoms with Crippen molar-refractivity contribution >= 4 is 12.2 Å². The van der Waals surface area contributed by atoms with Crippen molar-refractivity contribution in [3.05, 3.63) is 59.9 Å². The van der Waals surface area contributed by atoms with Gasteiger partial charge < -0.3 is 4.74 Å². The highest BCUT2D eigenvalue weighted by Crippen LogP contribution is 2.18. The van der Waals surface area contributed by atoms with E-state index in [1.807, 2.05) is 0 Å². The Morgan fingerprint density at radius 1 is 0.345 bits per heavy atom. The molecule has 0 atom stereocenters. The molecule has 314 valence electrons. The van der Waals surface area contributed by atoms with Crippen LogP contribution in [0.2, 0.25) is 0 Å². The van der Waals surface area contributed by atoms with Gasteiger partial charge in [-0.15, -0.1) is 0 Å². The van der Waals surface area contributed by atoms with Crippen LogP contribution in [-0.4, -0.2) is 6.61 Å². The number of aryl methyl sites for hydroxylation is 1. The number of benzene rings is 1. The summed E-state index contributed by atoms with van der Waals surface area (Å²) in [6, 6.07) is 13.1. The van der Waals surface area contributed by atoms with Crippen LogP contribution in [0.5, 0.6) is 5.75 Å². The zero-order valence-corrected chi connectivity index (χ0v) is 37.0. The highest BCUT2D eigenvalue weighted by Gasteiger charge is 2.02. The van der Waals surface area contributed by atoms with Crippen molar-refractivity contribution in [3.8, 4) is 5.75 Å². The normalized spacial score (nSPS) is 11.6. The van der Waals surface area contributed by atoms with Gasteiger partial charge in [0, 0.05) is 18.6 Å². The zero-order chi connectivity index (χ0) is 39.0. The Kier molecular flexibility index (Phi) is 34.6. The molecule has 1 aromatic carbocycles. The Morgan fingerprint density at radius 2 is 0.636 bits per heavy atom. The molecule has 0 fully saturated rings. The summed E-state index contributed by atoms with van der Waals surface area (Å²) in [6.45, 7) is 6.57. The Hall–Kier alpha value is -2.09. The molecule has 0 unspecified atom stereocenters. The van der Waals surface area contributed by atoms with Crippen molar-refractivity contribution in [3.63, 3.8) is 0 Å². The quantitative estimate of drug-likeness (QED) is 0.0486. The van der Waals surface area contributed by atoms with E-state index >= 15 is 0 Å². The summed E-state index contributed by atoms with van der Waals surface area (Å²) in [6.07, 6.45) is 60.0. The van der Waals surface area contributed by atoms with E-state index in [9.17, 15) is 0 Å². The predicted octanol–water partition coefficient (Wildman–Crippen LogP) is 17.6. The summed E-state index contributed by atoms with van der Waals surface area (Å²) < 4.78 is 8.38. The van der Waals surface area contributed by atoms with E-state index in [4.69, 9.17) is 4.74 Å². The zero-order valence-electron chi connectivity index (χ0n) is 37.0. The molecule has 0 saturated carbocycles. The van der Waals surface area contributed by atoms with Crippen LogP contribution >= 0.6 is 0 Å². The second-order valence-electron chi connectivity index (χ2n) is 17.1. The molecule has 0 radical (unpaired) electrons. The molecule has 1 heterocycles. The third-order valence-electron chi connectivity index (χ3n) is 11.8. The first-order valence-corrected chi connectivity index (χ1v) is 24.7. The molecule has 2 nitrogen and oxygen atoms in total. The number of hydrogen-bond acceptors (Lipinski definition) is 1. The molecule has 55 heavy (non-hydrogen) atoms. The van der Waals surface area contributed by atoms with Crippen LogP contribution < -0.4 is 9.30 Å². The number of unbranched alkanes of at least 4 members (excludes halogenated alkanes) is 34. The molecule has 0 aliphatic carbocycles. The summed E-state index contributed by atoms with van der Waals surface area (Å²) in [5, 5.41) is 0. The molecule has 0 spiro atoms. The maximum absolute atomic E-state index is 6.04. The first-order valence-electron chi connectivity index (χ1n) is 24.7. The van der Waals surface area contributed by atoms with Gasteiger partial charge in [0.1, 0.15) is 12.3 Å². The monoisotopic (exact) mass is 759 g/mol. The third kappa shape index (κ3) is 31.7. The topological polar surface area (TPSA) is 13.1 Å². The van der Waals surface area contributed by atoms with Crippen molar-refractivity contribution in [2.24, 2.45) is 0 Å². The fourth-order valence-corrected chi connectivity index (χ4v) is 7.99. The molecule has 0 aliphatic heterocycles. The average Bonchev–Trinajstić information content (AvgIpc) is 3.21. The highest BCUT2D eigenvalue weighted by molar-refractivity contribution is 5.69. The van der Waals surface area contributed by atoms with Gasteiger partial charge in [0.15, 0.2) is 12.4 Å². The van der Waals surface area contributed by atoms with E-state index in [0.717, 1.165) is 25.3 Å². The smallest absolute Gasteiger partial charge is 0.169 e. The summed E-state index contributed by atoms with van der Waals surface area (Å²) in [7, 11) is 0. The van der Waals surface area contributed by atoms with Crippen molar-refractivity contribution in [2.75, 3.05) is 6.61 Å². The number of rotatable bonds is 41.